The average molecular weight is 174 g/mol. The second-order valence-electron chi connectivity index (χ2n) is 3.07. The van der Waals surface area contributed by atoms with E-state index in [1.54, 1.807) is 0 Å². The van der Waals surface area contributed by atoms with E-state index in [4.69, 9.17) is 5.11 Å². The molecule has 3 nitrogen and oxygen atoms in total. The molecule has 0 radical (unpaired) electrons. The van der Waals surface area contributed by atoms with Crippen molar-refractivity contribution in [3.8, 4) is 0 Å². The van der Waals surface area contributed by atoms with Crippen LogP contribution in [0.15, 0.2) is 12.7 Å². The van der Waals surface area contributed by atoms with Crippen LogP contribution in [-0.2, 0) is 4.79 Å². The molecular formula is C8H11FO3. The first-order valence-electron chi connectivity index (χ1n) is 3.75. The normalized spacial score (nSPS) is 24.2. The van der Waals surface area contributed by atoms with Crippen molar-refractivity contribution in [2.45, 2.75) is 24.6 Å². The van der Waals surface area contributed by atoms with Gasteiger partial charge in [0.2, 0.25) is 6.17 Å². The Hall–Kier alpha value is -0.900. The Balaban J connectivity index is 2.77. The third-order valence-electron chi connectivity index (χ3n) is 2.18. The summed E-state index contributed by atoms with van der Waals surface area (Å²) < 4.78 is 12.9. The zero-order chi connectivity index (χ0) is 9.35. The monoisotopic (exact) mass is 174 g/mol. The van der Waals surface area contributed by atoms with Crippen molar-refractivity contribution in [2.24, 2.45) is 5.92 Å². The Morgan fingerprint density at radius 2 is 2.25 bits per heavy atom. The van der Waals surface area contributed by atoms with E-state index >= 15 is 0 Å². The highest BCUT2D eigenvalue weighted by atomic mass is 19.1. The molecule has 0 saturated heterocycles. The first kappa shape index (κ1) is 9.19. The van der Waals surface area contributed by atoms with Crippen LogP contribution in [0, 0.1) is 5.92 Å². The smallest absolute Gasteiger partial charge is 0.341 e. The Kier molecular flexibility index (Phi) is 2.19. The van der Waals surface area contributed by atoms with E-state index in [0.717, 1.165) is 6.08 Å². The van der Waals surface area contributed by atoms with Gasteiger partial charge >= 0.3 is 5.97 Å². The zero-order valence-electron chi connectivity index (χ0n) is 6.53. The lowest BCUT2D eigenvalue weighted by molar-refractivity contribution is -0.152. The fraction of sp³-hybridized carbons (Fsp3) is 0.625. The molecule has 0 bridgehead atoms. The minimum absolute atomic E-state index is 0.277. The Morgan fingerprint density at radius 3 is 2.50 bits per heavy atom. The number of aliphatic hydroxyl groups is 1. The van der Waals surface area contributed by atoms with E-state index in [1.165, 1.54) is 0 Å². The molecule has 0 aromatic heterocycles. The number of halogens is 1. The Morgan fingerprint density at radius 1 is 1.75 bits per heavy atom. The van der Waals surface area contributed by atoms with Gasteiger partial charge < -0.3 is 10.2 Å². The summed E-state index contributed by atoms with van der Waals surface area (Å²) in [5.41, 5.74) is -1.87. The van der Waals surface area contributed by atoms with Gasteiger partial charge in [-0.1, -0.05) is 6.08 Å². The maximum Gasteiger partial charge on any atom is 0.341 e. The highest BCUT2D eigenvalue weighted by molar-refractivity contribution is 5.74. The largest absolute Gasteiger partial charge is 0.479 e. The van der Waals surface area contributed by atoms with Gasteiger partial charge in [0.1, 0.15) is 5.60 Å². The van der Waals surface area contributed by atoms with Crippen molar-refractivity contribution in [1.29, 1.82) is 0 Å². The molecule has 1 saturated carbocycles. The minimum atomic E-state index is -2.26. The van der Waals surface area contributed by atoms with E-state index in [0.29, 0.717) is 12.8 Å². The summed E-state index contributed by atoms with van der Waals surface area (Å²) in [6, 6.07) is 0. The molecular weight excluding hydrogens is 163 g/mol. The molecule has 0 aromatic rings. The predicted molar refractivity (Wildman–Crippen MR) is 40.4 cm³/mol. The molecule has 12 heavy (non-hydrogen) atoms. The number of hydrogen-bond acceptors (Lipinski definition) is 2. The second kappa shape index (κ2) is 2.86. The maximum absolute atomic E-state index is 12.9. The lowest BCUT2D eigenvalue weighted by atomic mass is 9.92. The van der Waals surface area contributed by atoms with Gasteiger partial charge in [-0.2, -0.15) is 0 Å². The number of carboxylic acid groups (broad SMARTS) is 1. The van der Waals surface area contributed by atoms with Gasteiger partial charge in [-0.05, 0) is 18.8 Å². The molecule has 1 rings (SSSR count). The van der Waals surface area contributed by atoms with E-state index < -0.39 is 17.7 Å². The van der Waals surface area contributed by atoms with Crippen LogP contribution in [0.3, 0.4) is 0 Å². The lowest BCUT2D eigenvalue weighted by Gasteiger charge is -2.24. The van der Waals surface area contributed by atoms with Crippen LogP contribution in [0.1, 0.15) is 12.8 Å². The minimum Gasteiger partial charge on any atom is -0.479 e. The molecule has 1 aliphatic rings. The summed E-state index contributed by atoms with van der Waals surface area (Å²) in [7, 11) is 0. The van der Waals surface area contributed by atoms with Crippen molar-refractivity contribution in [3.05, 3.63) is 12.7 Å². The summed E-state index contributed by atoms with van der Waals surface area (Å²) >= 11 is 0. The molecule has 4 heteroatoms. The summed E-state index contributed by atoms with van der Waals surface area (Å²) in [6.07, 6.45) is 0.0538. The van der Waals surface area contributed by atoms with Gasteiger partial charge in [-0.3, -0.25) is 0 Å². The molecule has 2 N–H and O–H groups in total. The van der Waals surface area contributed by atoms with Gasteiger partial charge in [-0.25, -0.2) is 9.18 Å². The summed E-state index contributed by atoms with van der Waals surface area (Å²) in [5.74, 6) is -1.91. The Bertz CT molecular complexity index is 212. The lowest BCUT2D eigenvalue weighted by Crippen LogP contribution is -2.44. The fourth-order valence-corrected chi connectivity index (χ4v) is 1.22. The molecule has 0 spiro atoms. The first-order valence-corrected chi connectivity index (χ1v) is 3.75. The summed E-state index contributed by atoms with van der Waals surface area (Å²) in [6.45, 7) is 3.24. The van der Waals surface area contributed by atoms with Crippen molar-refractivity contribution >= 4 is 5.97 Å². The van der Waals surface area contributed by atoms with Gasteiger partial charge in [0, 0.05) is 0 Å². The zero-order valence-corrected chi connectivity index (χ0v) is 6.53. The summed E-state index contributed by atoms with van der Waals surface area (Å²) in [4.78, 5) is 10.3. The van der Waals surface area contributed by atoms with Crippen LogP contribution in [0.4, 0.5) is 4.39 Å². The SMILES string of the molecule is C=CC(O)(C1CC1)C(F)C(=O)O. The molecule has 0 aliphatic heterocycles. The standard InChI is InChI=1S/C8H11FO3/c1-2-8(12,5-3-4-5)6(9)7(10)11/h2,5-6,12H,1,3-4H2,(H,10,11). The Labute approximate surface area is 69.5 Å². The molecule has 0 heterocycles. The van der Waals surface area contributed by atoms with Crippen LogP contribution >= 0.6 is 0 Å². The maximum atomic E-state index is 12.9. The molecule has 2 atom stereocenters. The predicted octanol–water partition coefficient (Wildman–Crippen LogP) is 0.736. The van der Waals surface area contributed by atoms with Crippen LogP contribution in [0.2, 0.25) is 0 Å². The van der Waals surface area contributed by atoms with Gasteiger partial charge in [0.05, 0.1) is 0 Å². The van der Waals surface area contributed by atoms with Crippen molar-refractivity contribution in [2.75, 3.05) is 0 Å². The van der Waals surface area contributed by atoms with E-state index in [1.807, 2.05) is 0 Å². The van der Waals surface area contributed by atoms with Gasteiger partial charge in [0.15, 0.2) is 0 Å². The average Bonchev–Trinajstić information content (AvgIpc) is 2.84. The van der Waals surface area contributed by atoms with Crippen LogP contribution < -0.4 is 0 Å². The van der Waals surface area contributed by atoms with Crippen LogP contribution in [0.5, 0.6) is 0 Å². The number of rotatable bonds is 4. The highest BCUT2D eigenvalue weighted by Crippen LogP contribution is 2.43. The molecule has 0 aromatic carbocycles. The van der Waals surface area contributed by atoms with Gasteiger partial charge in [-0.15, -0.1) is 6.58 Å². The second-order valence-corrected chi connectivity index (χ2v) is 3.07. The number of carboxylic acids is 1. The first-order chi connectivity index (χ1) is 5.52. The number of alkyl halides is 1. The molecule has 2 unspecified atom stereocenters. The van der Waals surface area contributed by atoms with Crippen molar-refractivity contribution in [3.63, 3.8) is 0 Å². The topological polar surface area (TPSA) is 57.5 Å². The van der Waals surface area contributed by atoms with E-state index in [9.17, 15) is 14.3 Å². The molecule has 1 fully saturated rings. The summed E-state index contributed by atoms with van der Waals surface area (Å²) in [5, 5.41) is 17.9. The van der Waals surface area contributed by atoms with Crippen molar-refractivity contribution in [1.82, 2.24) is 0 Å². The van der Waals surface area contributed by atoms with Gasteiger partial charge in [0.25, 0.3) is 0 Å². The molecule has 1 aliphatic carbocycles. The number of aliphatic carboxylic acids is 1. The number of hydrogen-bond donors (Lipinski definition) is 2. The van der Waals surface area contributed by atoms with Crippen LogP contribution in [0.25, 0.3) is 0 Å². The fourth-order valence-electron chi connectivity index (χ4n) is 1.22. The highest BCUT2D eigenvalue weighted by Gasteiger charge is 2.50. The molecule has 0 amide bonds. The van der Waals surface area contributed by atoms with Crippen LogP contribution in [-0.4, -0.2) is 28.0 Å². The third-order valence-corrected chi connectivity index (χ3v) is 2.18. The van der Waals surface area contributed by atoms with E-state index in [-0.39, 0.29) is 5.92 Å². The number of carbonyl (C=O) groups is 1. The third kappa shape index (κ3) is 1.34. The molecule has 68 valence electrons. The van der Waals surface area contributed by atoms with Crippen molar-refractivity contribution < 1.29 is 19.4 Å². The van der Waals surface area contributed by atoms with E-state index in [2.05, 4.69) is 6.58 Å². The quantitative estimate of drug-likeness (QED) is 0.618.